The minimum atomic E-state index is 0.139. The predicted molar refractivity (Wildman–Crippen MR) is 111 cm³/mol. The molecule has 1 aliphatic heterocycles. The van der Waals surface area contributed by atoms with Gasteiger partial charge in [0.05, 0.1) is 10.9 Å². The monoisotopic (exact) mass is 388 g/mol. The van der Waals surface area contributed by atoms with Crippen molar-refractivity contribution in [3.05, 3.63) is 44.1 Å². The molecule has 2 aliphatic rings. The number of nitrogens with zero attached hydrogens (tertiary/aromatic N) is 1. The lowest BCUT2D eigenvalue weighted by Crippen LogP contribution is -2.29. The van der Waals surface area contributed by atoms with E-state index in [-0.39, 0.29) is 11.3 Å². The van der Waals surface area contributed by atoms with Crippen molar-refractivity contribution in [3.8, 4) is 0 Å². The van der Waals surface area contributed by atoms with Crippen LogP contribution in [0.2, 0.25) is 4.34 Å². The average molecular weight is 389 g/mol. The number of nitrogens with one attached hydrogen (secondary N) is 1. The van der Waals surface area contributed by atoms with Gasteiger partial charge in [0.2, 0.25) is 5.91 Å². The summed E-state index contributed by atoms with van der Waals surface area (Å²) in [5.41, 5.74) is 6.08. The van der Waals surface area contributed by atoms with E-state index in [1.54, 1.807) is 11.3 Å². The molecule has 1 N–H and O–H groups in total. The van der Waals surface area contributed by atoms with Crippen molar-refractivity contribution in [2.75, 3.05) is 16.8 Å². The van der Waals surface area contributed by atoms with Crippen LogP contribution in [-0.2, 0) is 17.8 Å². The maximum Gasteiger partial charge on any atom is 0.224 e. The molecule has 0 radical (unpaired) electrons. The number of thiophene rings is 1. The second kappa shape index (κ2) is 6.58. The Labute approximate surface area is 164 Å². The molecule has 1 aromatic heterocycles. The third-order valence-corrected chi connectivity index (χ3v) is 6.98. The highest BCUT2D eigenvalue weighted by Gasteiger charge is 2.39. The topological polar surface area (TPSA) is 32.3 Å². The Morgan fingerprint density at radius 1 is 1.27 bits per heavy atom. The van der Waals surface area contributed by atoms with Gasteiger partial charge >= 0.3 is 0 Å². The Kier molecular flexibility index (Phi) is 4.52. The maximum absolute atomic E-state index is 12.4. The summed E-state index contributed by atoms with van der Waals surface area (Å²) in [4.78, 5) is 16.1. The van der Waals surface area contributed by atoms with Crippen LogP contribution >= 0.6 is 22.9 Å². The number of benzene rings is 1. The number of fused-ring (bicyclic) bond motifs is 1. The molecule has 5 heteroatoms. The molecule has 0 spiro atoms. The van der Waals surface area contributed by atoms with Crippen LogP contribution in [0, 0.1) is 19.3 Å². The molecule has 0 bridgehead atoms. The Balaban J connectivity index is 1.51. The molecule has 2 heterocycles. The van der Waals surface area contributed by atoms with Crippen molar-refractivity contribution in [2.45, 2.75) is 53.0 Å². The van der Waals surface area contributed by atoms with Gasteiger partial charge in [-0.15, -0.1) is 11.3 Å². The van der Waals surface area contributed by atoms with E-state index in [0.29, 0.717) is 6.42 Å². The van der Waals surface area contributed by atoms with Gasteiger partial charge in [0.1, 0.15) is 0 Å². The van der Waals surface area contributed by atoms with E-state index in [4.69, 9.17) is 11.6 Å². The summed E-state index contributed by atoms with van der Waals surface area (Å²) in [6.45, 7) is 8.28. The van der Waals surface area contributed by atoms with Gasteiger partial charge in [-0.25, -0.2) is 0 Å². The lowest BCUT2D eigenvalue weighted by molar-refractivity contribution is -0.117. The molecule has 3 nitrogen and oxygen atoms in total. The lowest BCUT2D eigenvalue weighted by Gasteiger charge is -2.30. The zero-order valence-electron chi connectivity index (χ0n) is 15.6. The molecule has 1 aliphatic carbocycles. The van der Waals surface area contributed by atoms with Crippen LogP contribution in [-0.4, -0.2) is 12.5 Å². The van der Waals surface area contributed by atoms with E-state index < -0.39 is 0 Å². The van der Waals surface area contributed by atoms with Gasteiger partial charge in [-0.1, -0.05) is 18.5 Å². The standard InChI is InChI=1S/C21H25ClN2OS/c1-13-8-16(24-7-4-15-10-18(22)26-17(15)12-24)9-14(2)20(13)23-19(25)11-21(3)5-6-21/h8-10H,4-7,11-12H2,1-3H3,(H,23,25). The van der Waals surface area contributed by atoms with Gasteiger partial charge in [0, 0.05) is 29.2 Å². The van der Waals surface area contributed by atoms with Crippen LogP contribution < -0.4 is 10.2 Å². The molecule has 1 fully saturated rings. The second-order valence-corrected chi connectivity index (χ2v) is 9.93. The number of rotatable bonds is 4. The Morgan fingerprint density at radius 2 is 1.96 bits per heavy atom. The van der Waals surface area contributed by atoms with Gasteiger partial charge in [-0.05, 0) is 73.4 Å². The second-order valence-electron chi connectivity index (χ2n) is 8.16. The first kappa shape index (κ1) is 17.9. The van der Waals surface area contributed by atoms with Crippen molar-refractivity contribution in [1.29, 1.82) is 0 Å². The summed E-state index contributed by atoms with van der Waals surface area (Å²) in [6, 6.07) is 6.50. The molecular formula is C21H25ClN2OS. The molecule has 1 aromatic carbocycles. The fourth-order valence-corrected chi connectivity index (χ4v) is 5.15. The van der Waals surface area contributed by atoms with E-state index in [9.17, 15) is 4.79 Å². The lowest BCUT2D eigenvalue weighted by atomic mass is 10.0. The summed E-state index contributed by atoms with van der Waals surface area (Å²) in [5.74, 6) is 0.139. The van der Waals surface area contributed by atoms with Crippen LogP contribution in [0.1, 0.15) is 47.8 Å². The molecule has 4 rings (SSSR count). The number of anilines is 2. The number of amides is 1. The predicted octanol–water partition coefficient (Wildman–Crippen LogP) is 5.71. The van der Waals surface area contributed by atoms with Gasteiger partial charge < -0.3 is 10.2 Å². The highest BCUT2D eigenvalue weighted by Crippen LogP contribution is 2.48. The first-order valence-corrected chi connectivity index (χ1v) is 10.5. The normalized spacial score (nSPS) is 17.8. The number of aryl methyl sites for hydroxylation is 2. The zero-order valence-corrected chi connectivity index (χ0v) is 17.2. The minimum Gasteiger partial charge on any atom is -0.366 e. The third kappa shape index (κ3) is 3.63. The van der Waals surface area contributed by atoms with Crippen molar-refractivity contribution >= 4 is 40.2 Å². The summed E-state index contributed by atoms with van der Waals surface area (Å²) in [5, 5.41) is 3.15. The third-order valence-electron chi connectivity index (χ3n) is 5.69. The molecule has 0 unspecified atom stereocenters. The molecule has 1 amide bonds. The van der Waals surface area contributed by atoms with Crippen LogP contribution in [0.4, 0.5) is 11.4 Å². The van der Waals surface area contributed by atoms with Gasteiger partial charge in [0.15, 0.2) is 0 Å². The number of hydrogen-bond acceptors (Lipinski definition) is 3. The summed E-state index contributed by atoms with van der Waals surface area (Å²) >= 11 is 7.86. The van der Waals surface area contributed by atoms with Crippen molar-refractivity contribution < 1.29 is 4.79 Å². The highest BCUT2D eigenvalue weighted by molar-refractivity contribution is 7.16. The average Bonchev–Trinajstić information content (AvgIpc) is 3.16. The number of hydrogen-bond donors (Lipinski definition) is 1. The smallest absolute Gasteiger partial charge is 0.224 e. The fraction of sp³-hybridized carbons (Fsp3) is 0.476. The number of carbonyl (C=O) groups excluding carboxylic acids is 1. The van der Waals surface area contributed by atoms with Gasteiger partial charge in [-0.2, -0.15) is 0 Å². The summed E-state index contributed by atoms with van der Waals surface area (Å²) in [7, 11) is 0. The molecule has 0 atom stereocenters. The van der Waals surface area contributed by atoms with E-state index in [0.717, 1.165) is 40.7 Å². The van der Waals surface area contributed by atoms with Gasteiger partial charge in [-0.3, -0.25) is 4.79 Å². The molecule has 2 aromatic rings. The summed E-state index contributed by atoms with van der Waals surface area (Å²) in [6.07, 6.45) is 4.00. The van der Waals surface area contributed by atoms with Crippen LogP contribution in [0.5, 0.6) is 0 Å². The largest absolute Gasteiger partial charge is 0.366 e. The van der Waals surface area contributed by atoms with Crippen LogP contribution in [0.25, 0.3) is 0 Å². The first-order chi connectivity index (χ1) is 12.3. The minimum absolute atomic E-state index is 0.139. The van der Waals surface area contributed by atoms with Crippen LogP contribution in [0.3, 0.4) is 0 Å². The van der Waals surface area contributed by atoms with Gasteiger partial charge in [0.25, 0.3) is 0 Å². The fourth-order valence-electron chi connectivity index (χ4n) is 3.79. The quantitative estimate of drug-likeness (QED) is 0.727. The van der Waals surface area contributed by atoms with Crippen molar-refractivity contribution in [1.82, 2.24) is 0 Å². The molecule has 1 saturated carbocycles. The SMILES string of the molecule is Cc1cc(N2CCc3cc(Cl)sc3C2)cc(C)c1NC(=O)CC1(C)CC1. The van der Waals surface area contributed by atoms with Crippen molar-refractivity contribution in [2.24, 2.45) is 5.41 Å². The Hall–Kier alpha value is -1.52. The molecule has 0 saturated heterocycles. The maximum atomic E-state index is 12.4. The molecule has 26 heavy (non-hydrogen) atoms. The first-order valence-electron chi connectivity index (χ1n) is 9.26. The van der Waals surface area contributed by atoms with E-state index in [2.05, 4.69) is 49.2 Å². The molecular weight excluding hydrogens is 364 g/mol. The summed E-state index contributed by atoms with van der Waals surface area (Å²) < 4.78 is 0.881. The molecule has 138 valence electrons. The number of carbonyl (C=O) groups is 1. The van der Waals surface area contributed by atoms with E-state index in [1.165, 1.54) is 29.0 Å². The Bertz CT molecular complexity index is 846. The Morgan fingerprint density at radius 3 is 2.62 bits per heavy atom. The van der Waals surface area contributed by atoms with Crippen molar-refractivity contribution in [3.63, 3.8) is 0 Å². The highest BCUT2D eigenvalue weighted by atomic mass is 35.5. The van der Waals surface area contributed by atoms with E-state index >= 15 is 0 Å². The number of halogens is 1. The van der Waals surface area contributed by atoms with E-state index in [1.807, 2.05) is 0 Å². The van der Waals surface area contributed by atoms with Crippen LogP contribution in [0.15, 0.2) is 18.2 Å². The zero-order chi connectivity index (χ0) is 18.5.